The van der Waals surface area contributed by atoms with Crippen molar-refractivity contribution in [3.8, 4) is 34.3 Å². The normalized spacial score (nSPS) is 13.3. The van der Waals surface area contributed by atoms with E-state index in [1.54, 1.807) is 30.3 Å². The fraction of sp³-hybridized carbons (Fsp3) is 0.222. The number of rotatable bonds is 6. The predicted octanol–water partition coefficient (Wildman–Crippen LogP) is 3.24. The smallest absolute Gasteiger partial charge is 0.244 e. The lowest BCUT2D eigenvalue weighted by molar-refractivity contribution is -0.132. The molecule has 3 heterocycles. The summed E-state index contributed by atoms with van der Waals surface area (Å²) in [4.78, 5) is 25.9. The number of piperazine rings is 1. The van der Waals surface area contributed by atoms with Crippen molar-refractivity contribution < 1.29 is 9.53 Å². The maximum absolute atomic E-state index is 13.3. The zero-order valence-corrected chi connectivity index (χ0v) is 19.9. The minimum absolute atomic E-state index is 0.00269. The molecule has 4 aromatic rings. The molecular weight excluding hydrogens is 454 g/mol. The van der Waals surface area contributed by atoms with Gasteiger partial charge in [-0.15, -0.1) is 0 Å². The number of methoxy groups -OCH3 is 1. The van der Waals surface area contributed by atoms with Crippen LogP contribution in [-0.4, -0.2) is 63.8 Å². The molecule has 1 aliphatic heterocycles. The van der Waals surface area contributed by atoms with Crippen molar-refractivity contribution in [2.75, 3.05) is 38.2 Å². The zero-order valence-electron chi connectivity index (χ0n) is 19.9. The van der Waals surface area contributed by atoms with E-state index < -0.39 is 0 Å². The number of nitrogens with zero attached hydrogens (tertiary/aromatic N) is 7. The molecule has 0 bridgehead atoms. The summed E-state index contributed by atoms with van der Waals surface area (Å²) in [5.74, 6) is 1.24. The second-order valence-corrected chi connectivity index (χ2v) is 8.42. The minimum atomic E-state index is 0.00269. The number of carbonyl (C=O) groups is 1. The van der Waals surface area contributed by atoms with E-state index >= 15 is 0 Å². The van der Waals surface area contributed by atoms with Gasteiger partial charge in [-0.25, -0.2) is 9.97 Å². The SMILES string of the molecule is COc1cnc(N2CCN(C(=O)Cn3nc(-c4cccc(C#N)c4)cc3-c3ccccc3)CC2)nc1. The van der Waals surface area contributed by atoms with Gasteiger partial charge in [-0.3, -0.25) is 9.48 Å². The summed E-state index contributed by atoms with van der Waals surface area (Å²) in [6.45, 7) is 2.57. The van der Waals surface area contributed by atoms with Gasteiger partial charge < -0.3 is 14.5 Å². The summed E-state index contributed by atoms with van der Waals surface area (Å²) in [5.41, 5.74) is 3.96. The second kappa shape index (κ2) is 10.3. The van der Waals surface area contributed by atoms with E-state index in [-0.39, 0.29) is 12.5 Å². The first-order chi connectivity index (χ1) is 17.6. The van der Waals surface area contributed by atoms with Crippen LogP contribution in [0.2, 0.25) is 0 Å². The first-order valence-corrected chi connectivity index (χ1v) is 11.7. The topological polar surface area (TPSA) is 100 Å². The van der Waals surface area contributed by atoms with Crippen molar-refractivity contribution in [2.24, 2.45) is 0 Å². The van der Waals surface area contributed by atoms with Gasteiger partial charge in [0.25, 0.3) is 0 Å². The summed E-state index contributed by atoms with van der Waals surface area (Å²) < 4.78 is 6.88. The molecule has 0 aliphatic carbocycles. The van der Waals surface area contributed by atoms with Gasteiger partial charge in [-0.05, 0) is 23.8 Å². The highest BCUT2D eigenvalue weighted by Gasteiger charge is 2.24. The van der Waals surface area contributed by atoms with E-state index in [0.717, 1.165) is 22.5 Å². The molecule has 0 unspecified atom stereocenters. The summed E-state index contributed by atoms with van der Waals surface area (Å²) >= 11 is 0. The van der Waals surface area contributed by atoms with Gasteiger partial charge in [-0.2, -0.15) is 10.4 Å². The van der Waals surface area contributed by atoms with Crippen LogP contribution in [0.4, 0.5) is 5.95 Å². The molecule has 1 saturated heterocycles. The van der Waals surface area contributed by atoms with E-state index in [0.29, 0.717) is 43.4 Å². The number of amides is 1. The highest BCUT2D eigenvalue weighted by molar-refractivity contribution is 5.78. The van der Waals surface area contributed by atoms with Crippen LogP contribution in [0.15, 0.2) is 73.1 Å². The molecule has 1 aliphatic rings. The van der Waals surface area contributed by atoms with E-state index in [2.05, 4.69) is 20.9 Å². The third-order valence-corrected chi connectivity index (χ3v) is 6.19. The Hall–Kier alpha value is -4.71. The largest absolute Gasteiger partial charge is 0.494 e. The van der Waals surface area contributed by atoms with Crippen molar-refractivity contribution in [1.29, 1.82) is 5.26 Å². The molecule has 2 aromatic carbocycles. The van der Waals surface area contributed by atoms with Crippen LogP contribution in [0.25, 0.3) is 22.5 Å². The second-order valence-electron chi connectivity index (χ2n) is 8.42. The first kappa shape index (κ1) is 23.1. The Labute approximate surface area is 209 Å². The lowest BCUT2D eigenvalue weighted by atomic mass is 10.1. The van der Waals surface area contributed by atoms with Gasteiger partial charge in [0, 0.05) is 31.7 Å². The van der Waals surface area contributed by atoms with Crippen LogP contribution in [0.5, 0.6) is 5.75 Å². The lowest BCUT2D eigenvalue weighted by Crippen LogP contribution is -2.50. The third-order valence-electron chi connectivity index (χ3n) is 6.19. The average Bonchev–Trinajstić information content (AvgIpc) is 3.37. The highest BCUT2D eigenvalue weighted by Crippen LogP contribution is 2.27. The number of anilines is 1. The van der Waals surface area contributed by atoms with Gasteiger partial charge >= 0.3 is 0 Å². The Bertz CT molecular complexity index is 1390. The molecule has 1 amide bonds. The Balaban J connectivity index is 1.33. The van der Waals surface area contributed by atoms with E-state index in [4.69, 9.17) is 9.84 Å². The number of ether oxygens (including phenoxy) is 1. The van der Waals surface area contributed by atoms with Crippen molar-refractivity contribution in [3.63, 3.8) is 0 Å². The molecule has 180 valence electrons. The van der Waals surface area contributed by atoms with E-state index in [1.807, 2.05) is 59.5 Å². The monoisotopic (exact) mass is 479 g/mol. The van der Waals surface area contributed by atoms with Gasteiger partial charge in [0.1, 0.15) is 6.54 Å². The fourth-order valence-corrected chi connectivity index (χ4v) is 4.23. The third kappa shape index (κ3) is 4.88. The quantitative estimate of drug-likeness (QED) is 0.419. The van der Waals surface area contributed by atoms with E-state index in [9.17, 15) is 10.1 Å². The zero-order chi connectivity index (χ0) is 24.9. The average molecular weight is 480 g/mol. The van der Waals surface area contributed by atoms with Crippen LogP contribution in [0.3, 0.4) is 0 Å². The lowest BCUT2D eigenvalue weighted by Gasteiger charge is -2.34. The minimum Gasteiger partial charge on any atom is -0.494 e. The molecule has 0 atom stereocenters. The molecule has 0 spiro atoms. The van der Waals surface area contributed by atoms with Crippen molar-refractivity contribution in [2.45, 2.75) is 6.54 Å². The Morgan fingerprint density at radius 1 is 0.972 bits per heavy atom. The Morgan fingerprint density at radius 3 is 2.39 bits per heavy atom. The first-order valence-electron chi connectivity index (χ1n) is 11.7. The van der Waals surface area contributed by atoms with Crippen LogP contribution < -0.4 is 9.64 Å². The molecule has 1 fully saturated rings. The molecule has 0 saturated carbocycles. The highest BCUT2D eigenvalue weighted by atomic mass is 16.5. The van der Waals surface area contributed by atoms with Crippen LogP contribution in [0, 0.1) is 11.3 Å². The molecule has 9 nitrogen and oxygen atoms in total. The molecule has 0 N–H and O–H groups in total. The number of carbonyl (C=O) groups excluding carboxylic acids is 1. The van der Waals surface area contributed by atoms with Crippen LogP contribution >= 0.6 is 0 Å². The maximum atomic E-state index is 13.3. The number of hydrogen-bond acceptors (Lipinski definition) is 7. The molecule has 2 aromatic heterocycles. The molecule has 9 heteroatoms. The summed E-state index contributed by atoms with van der Waals surface area (Å²) in [7, 11) is 1.58. The molecular formula is C27H25N7O2. The van der Waals surface area contributed by atoms with Crippen LogP contribution in [-0.2, 0) is 11.3 Å². The van der Waals surface area contributed by atoms with Crippen LogP contribution in [0.1, 0.15) is 5.56 Å². The summed E-state index contributed by atoms with van der Waals surface area (Å²) in [6, 6.07) is 21.4. The van der Waals surface area contributed by atoms with Gasteiger partial charge in [0.05, 0.1) is 42.5 Å². The van der Waals surface area contributed by atoms with Gasteiger partial charge in [-0.1, -0.05) is 42.5 Å². The van der Waals surface area contributed by atoms with Crippen molar-refractivity contribution in [1.82, 2.24) is 24.6 Å². The number of hydrogen-bond donors (Lipinski definition) is 0. The standard InChI is InChI=1S/C27H25N7O2/c1-36-23-17-29-27(30-18-23)33-12-10-32(11-13-33)26(35)19-34-25(21-7-3-2-4-8-21)15-24(31-34)22-9-5-6-20(14-22)16-28/h2-9,14-15,17-18H,10-13,19H2,1H3. The molecule has 5 rings (SSSR count). The summed E-state index contributed by atoms with van der Waals surface area (Å²) in [6.07, 6.45) is 3.29. The number of nitriles is 1. The van der Waals surface area contributed by atoms with Gasteiger partial charge in [0.15, 0.2) is 5.75 Å². The van der Waals surface area contributed by atoms with Gasteiger partial charge in [0.2, 0.25) is 11.9 Å². The molecule has 36 heavy (non-hydrogen) atoms. The van der Waals surface area contributed by atoms with Crippen molar-refractivity contribution in [3.05, 3.63) is 78.6 Å². The summed E-state index contributed by atoms with van der Waals surface area (Å²) in [5, 5.41) is 14.0. The van der Waals surface area contributed by atoms with E-state index in [1.165, 1.54) is 0 Å². The maximum Gasteiger partial charge on any atom is 0.244 e. The van der Waals surface area contributed by atoms with Crippen molar-refractivity contribution >= 4 is 11.9 Å². The Morgan fingerprint density at radius 2 is 1.69 bits per heavy atom. The molecule has 0 radical (unpaired) electrons. The predicted molar refractivity (Wildman–Crippen MR) is 135 cm³/mol. The fourth-order valence-electron chi connectivity index (χ4n) is 4.23. The number of aromatic nitrogens is 4. The number of benzene rings is 2. The Kier molecular flexibility index (Phi) is 6.58.